The highest BCUT2D eigenvalue weighted by molar-refractivity contribution is 7.90. The van der Waals surface area contributed by atoms with Crippen molar-refractivity contribution in [2.45, 2.75) is 64.0 Å². The van der Waals surface area contributed by atoms with Crippen LogP contribution in [0.3, 0.4) is 0 Å². The second-order valence-corrected chi connectivity index (χ2v) is 14.7. The van der Waals surface area contributed by atoms with Gasteiger partial charge in [0.15, 0.2) is 0 Å². The summed E-state index contributed by atoms with van der Waals surface area (Å²) in [5.74, 6) is 1.42. The zero-order valence-corrected chi connectivity index (χ0v) is 23.4. The fourth-order valence-corrected chi connectivity index (χ4v) is 7.02. The first-order valence-electron chi connectivity index (χ1n) is 13.0. The number of nitrogens with one attached hydrogen (secondary N) is 2. The van der Waals surface area contributed by atoms with Crippen LogP contribution in [-0.4, -0.2) is 77.6 Å². The van der Waals surface area contributed by atoms with E-state index in [1.54, 1.807) is 13.8 Å². The molecule has 1 unspecified atom stereocenters. The minimum atomic E-state index is -3.41. The van der Waals surface area contributed by atoms with Gasteiger partial charge < -0.3 is 4.90 Å². The number of likely N-dealkylation sites (N-methyl/N-ethyl adjacent to an activating group) is 1. The molecule has 1 saturated carbocycles. The minimum Gasteiger partial charge on any atom is -0.304 e. The van der Waals surface area contributed by atoms with Gasteiger partial charge in [0.05, 0.1) is 5.25 Å². The molecule has 0 spiro atoms. The summed E-state index contributed by atoms with van der Waals surface area (Å²) in [7, 11) is -4.61. The maximum atomic E-state index is 12.5. The van der Waals surface area contributed by atoms with Crippen LogP contribution in [0.15, 0.2) is 24.3 Å². The summed E-state index contributed by atoms with van der Waals surface area (Å²) in [5.41, 5.74) is 2.48. The van der Waals surface area contributed by atoms with Gasteiger partial charge in [0, 0.05) is 39.3 Å². The summed E-state index contributed by atoms with van der Waals surface area (Å²) in [5, 5.41) is -0.398. The Hall–Kier alpha value is -1.04. The molecule has 3 rings (SSSR count). The molecular weight excluding hydrogens is 484 g/mol. The molecule has 2 fully saturated rings. The van der Waals surface area contributed by atoms with Crippen LogP contribution in [0, 0.1) is 11.8 Å². The van der Waals surface area contributed by atoms with Crippen molar-refractivity contribution in [1.82, 2.24) is 18.6 Å². The Bertz CT molecular complexity index is 996. The van der Waals surface area contributed by atoms with E-state index in [4.69, 9.17) is 0 Å². The predicted molar refractivity (Wildman–Crippen MR) is 142 cm³/mol. The van der Waals surface area contributed by atoms with E-state index in [1.807, 2.05) is 7.05 Å². The third-order valence-electron chi connectivity index (χ3n) is 7.76. The summed E-state index contributed by atoms with van der Waals surface area (Å²) in [6.45, 7) is 9.08. The number of nitrogens with zero attached hydrogens (tertiary/aromatic N) is 2. The standard InChI is InChI=1S/C25H44N4O4S2/c1-20(2)34(30,31)27-19-21(3)23-9-11-25(12-10-23)24-7-5-22(6-8-24)13-14-26-35(32,33)29-17-15-28(4)16-18-29/h5-8,20-21,23,25-27H,9-19H2,1-4H3. The fraction of sp³-hybridized carbons (Fsp3) is 0.760. The van der Waals surface area contributed by atoms with E-state index in [-0.39, 0.29) is 0 Å². The van der Waals surface area contributed by atoms with Crippen LogP contribution in [0.5, 0.6) is 0 Å². The molecule has 1 aliphatic heterocycles. The van der Waals surface area contributed by atoms with Crippen molar-refractivity contribution in [2.75, 3.05) is 46.3 Å². The molecule has 2 N–H and O–H groups in total. The molecule has 0 amide bonds. The van der Waals surface area contributed by atoms with Crippen molar-refractivity contribution in [3.63, 3.8) is 0 Å². The molecule has 2 aliphatic rings. The number of hydrogen-bond donors (Lipinski definition) is 2. The first-order chi connectivity index (χ1) is 16.5. The van der Waals surface area contributed by atoms with Crippen molar-refractivity contribution in [1.29, 1.82) is 0 Å². The lowest BCUT2D eigenvalue weighted by molar-refractivity contribution is 0.221. The maximum Gasteiger partial charge on any atom is 0.279 e. The van der Waals surface area contributed by atoms with Gasteiger partial charge in [-0.2, -0.15) is 12.7 Å². The highest BCUT2D eigenvalue weighted by Gasteiger charge is 2.28. The van der Waals surface area contributed by atoms with E-state index in [0.717, 1.165) is 44.3 Å². The van der Waals surface area contributed by atoms with Gasteiger partial charge >= 0.3 is 0 Å². The van der Waals surface area contributed by atoms with Crippen LogP contribution in [0.25, 0.3) is 0 Å². The molecule has 1 saturated heterocycles. The summed E-state index contributed by atoms with van der Waals surface area (Å²) < 4.78 is 56.1. The lowest BCUT2D eigenvalue weighted by Crippen LogP contribution is -2.51. The second kappa shape index (κ2) is 12.5. The molecule has 0 aromatic heterocycles. The zero-order chi connectivity index (χ0) is 25.6. The van der Waals surface area contributed by atoms with Crippen molar-refractivity contribution < 1.29 is 16.8 Å². The second-order valence-electron chi connectivity index (χ2n) is 10.6. The van der Waals surface area contributed by atoms with Gasteiger partial charge in [-0.05, 0) is 81.9 Å². The monoisotopic (exact) mass is 528 g/mol. The first kappa shape index (κ1) is 28.5. The average molecular weight is 529 g/mol. The molecule has 0 bridgehead atoms. The minimum absolute atomic E-state index is 0.335. The van der Waals surface area contributed by atoms with Crippen molar-refractivity contribution >= 4 is 20.2 Å². The van der Waals surface area contributed by atoms with Gasteiger partial charge in [-0.3, -0.25) is 0 Å². The molecule has 10 heteroatoms. The Morgan fingerprint density at radius 3 is 2.06 bits per heavy atom. The predicted octanol–water partition coefficient (Wildman–Crippen LogP) is 2.55. The smallest absolute Gasteiger partial charge is 0.279 e. The molecule has 1 atom stereocenters. The van der Waals surface area contributed by atoms with E-state index < -0.39 is 25.5 Å². The van der Waals surface area contributed by atoms with Gasteiger partial charge in [-0.1, -0.05) is 31.2 Å². The molecule has 1 aliphatic carbocycles. The summed E-state index contributed by atoms with van der Waals surface area (Å²) in [4.78, 5) is 2.14. The Morgan fingerprint density at radius 1 is 0.886 bits per heavy atom. The number of benzene rings is 1. The van der Waals surface area contributed by atoms with Crippen LogP contribution in [0.1, 0.15) is 63.5 Å². The van der Waals surface area contributed by atoms with Crippen LogP contribution in [0.2, 0.25) is 0 Å². The third kappa shape index (κ3) is 8.23. The lowest BCUT2D eigenvalue weighted by Gasteiger charge is -2.33. The summed E-state index contributed by atoms with van der Waals surface area (Å²) in [6.07, 6.45) is 5.14. The Morgan fingerprint density at radius 2 is 1.49 bits per heavy atom. The zero-order valence-electron chi connectivity index (χ0n) is 21.7. The average Bonchev–Trinajstić information content (AvgIpc) is 2.83. The SMILES string of the molecule is CC(CNS(=O)(=O)C(C)C)C1CCC(c2ccc(CCNS(=O)(=O)N3CCN(C)CC3)cc2)CC1. The summed E-state index contributed by atoms with van der Waals surface area (Å²) >= 11 is 0. The normalized spacial score (nSPS) is 24.0. The van der Waals surface area contributed by atoms with Crippen LogP contribution >= 0.6 is 0 Å². The van der Waals surface area contributed by atoms with E-state index >= 15 is 0 Å². The molecule has 35 heavy (non-hydrogen) atoms. The van der Waals surface area contributed by atoms with E-state index in [1.165, 1.54) is 9.87 Å². The summed E-state index contributed by atoms with van der Waals surface area (Å²) in [6, 6.07) is 8.62. The Labute approximate surface area is 213 Å². The quantitative estimate of drug-likeness (QED) is 0.460. The number of sulfonamides is 1. The van der Waals surface area contributed by atoms with Crippen LogP contribution in [-0.2, 0) is 26.7 Å². The maximum absolute atomic E-state index is 12.5. The van der Waals surface area contributed by atoms with Crippen molar-refractivity contribution in [2.24, 2.45) is 11.8 Å². The molecule has 200 valence electrons. The topological polar surface area (TPSA) is 98.8 Å². The van der Waals surface area contributed by atoms with Gasteiger partial charge in [0.2, 0.25) is 10.0 Å². The van der Waals surface area contributed by atoms with Crippen LogP contribution in [0.4, 0.5) is 0 Å². The van der Waals surface area contributed by atoms with E-state index in [2.05, 4.69) is 45.5 Å². The lowest BCUT2D eigenvalue weighted by atomic mass is 9.74. The Balaban J connectivity index is 1.41. The molecule has 8 nitrogen and oxygen atoms in total. The van der Waals surface area contributed by atoms with Gasteiger partial charge in [-0.15, -0.1) is 0 Å². The molecular formula is C25H44N4O4S2. The largest absolute Gasteiger partial charge is 0.304 e. The molecule has 1 aromatic carbocycles. The van der Waals surface area contributed by atoms with Crippen molar-refractivity contribution in [3.05, 3.63) is 35.4 Å². The Kier molecular flexibility index (Phi) is 10.2. The number of hydrogen-bond acceptors (Lipinski definition) is 5. The van der Waals surface area contributed by atoms with E-state index in [0.29, 0.717) is 50.4 Å². The van der Waals surface area contributed by atoms with Crippen molar-refractivity contribution in [3.8, 4) is 0 Å². The van der Waals surface area contributed by atoms with Gasteiger partial charge in [0.1, 0.15) is 0 Å². The molecule has 1 heterocycles. The first-order valence-corrected chi connectivity index (χ1v) is 16.0. The molecule has 1 aromatic rings. The highest BCUT2D eigenvalue weighted by atomic mass is 32.2. The highest BCUT2D eigenvalue weighted by Crippen LogP contribution is 2.38. The molecule has 0 radical (unpaired) electrons. The van der Waals surface area contributed by atoms with E-state index in [9.17, 15) is 16.8 Å². The number of rotatable bonds is 11. The van der Waals surface area contributed by atoms with Gasteiger partial charge in [0.25, 0.3) is 10.2 Å². The third-order valence-corrected chi connectivity index (χ3v) is 11.2. The number of piperazine rings is 1. The van der Waals surface area contributed by atoms with Crippen LogP contribution < -0.4 is 9.44 Å². The van der Waals surface area contributed by atoms with Gasteiger partial charge in [-0.25, -0.2) is 17.9 Å². The fourth-order valence-electron chi connectivity index (χ4n) is 5.00.